The van der Waals surface area contributed by atoms with Crippen molar-refractivity contribution in [1.29, 1.82) is 0 Å². The van der Waals surface area contributed by atoms with Crippen molar-refractivity contribution in [3.05, 3.63) is 71.6 Å². The zero-order chi connectivity index (χ0) is 28.7. The summed E-state index contributed by atoms with van der Waals surface area (Å²) >= 11 is 0. The molecular formula is C29H31FO8S. The summed E-state index contributed by atoms with van der Waals surface area (Å²) in [6, 6.07) is 12.2. The van der Waals surface area contributed by atoms with Crippen molar-refractivity contribution in [1.82, 2.24) is 0 Å². The second-order valence-electron chi connectivity index (χ2n) is 8.78. The molecule has 0 aliphatic rings. The highest BCUT2D eigenvalue weighted by Crippen LogP contribution is 2.46. The molecule has 0 bridgehead atoms. The van der Waals surface area contributed by atoms with E-state index in [1.54, 1.807) is 24.3 Å². The van der Waals surface area contributed by atoms with E-state index in [2.05, 4.69) is 0 Å². The molecule has 8 nitrogen and oxygen atoms in total. The molecule has 0 saturated carbocycles. The minimum atomic E-state index is -3.70. The second kappa shape index (κ2) is 12.7. The Hall–Kier alpha value is -4.05. The number of carbonyl (C=O) groups excluding carboxylic acids is 1. The number of hydrogen-bond acceptors (Lipinski definition) is 8. The number of hydrogen-bond donors (Lipinski definition) is 0. The number of esters is 1. The molecule has 0 N–H and O–H groups in total. The first-order valence-electron chi connectivity index (χ1n) is 11.9. The lowest BCUT2D eigenvalue weighted by atomic mass is 9.92. The van der Waals surface area contributed by atoms with Gasteiger partial charge in [-0.3, -0.25) is 0 Å². The molecule has 3 aromatic rings. The predicted molar refractivity (Wildman–Crippen MR) is 147 cm³/mol. The molecule has 0 aromatic heterocycles. The molecule has 0 radical (unpaired) electrons. The predicted octanol–water partition coefficient (Wildman–Crippen LogP) is 6.04. The maximum Gasteiger partial charge on any atom is 0.342 e. The summed E-state index contributed by atoms with van der Waals surface area (Å²) in [5, 5.41) is 0. The Bertz CT molecular complexity index is 1470. The molecule has 0 amide bonds. The molecule has 0 aliphatic heterocycles. The van der Waals surface area contributed by atoms with E-state index in [1.807, 2.05) is 19.9 Å². The van der Waals surface area contributed by atoms with Gasteiger partial charge in [-0.25, -0.2) is 9.18 Å². The summed E-state index contributed by atoms with van der Waals surface area (Å²) in [6.45, 7) is 4.27. The summed E-state index contributed by atoms with van der Waals surface area (Å²) in [4.78, 5) is 13.1. The van der Waals surface area contributed by atoms with Gasteiger partial charge in [0.1, 0.15) is 22.8 Å². The van der Waals surface area contributed by atoms with Gasteiger partial charge < -0.3 is 23.1 Å². The number of methoxy groups -OCH3 is 3. The molecular weight excluding hydrogens is 527 g/mol. The third kappa shape index (κ3) is 7.29. The normalized spacial score (nSPS) is 10.9. The molecule has 0 atom stereocenters. The molecule has 0 heterocycles. The Morgan fingerprint density at radius 2 is 1.59 bits per heavy atom. The highest BCUT2D eigenvalue weighted by molar-refractivity contribution is 7.86. The summed E-state index contributed by atoms with van der Waals surface area (Å²) in [5.41, 5.74) is 2.84. The van der Waals surface area contributed by atoms with Crippen LogP contribution in [0.1, 0.15) is 30.6 Å². The summed E-state index contributed by atoms with van der Waals surface area (Å²) < 4.78 is 64.8. The largest absolute Gasteiger partial charge is 0.496 e. The summed E-state index contributed by atoms with van der Waals surface area (Å²) in [7, 11) is 0.350. The molecule has 39 heavy (non-hydrogen) atoms. The molecule has 10 heteroatoms. The molecule has 0 fully saturated rings. The fourth-order valence-electron chi connectivity index (χ4n) is 3.97. The number of halogens is 1. The van der Waals surface area contributed by atoms with Gasteiger partial charge in [0.05, 0.1) is 34.2 Å². The van der Waals surface area contributed by atoms with Gasteiger partial charge in [0.25, 0.3) is 0 Å². The van der Waals surface area contributed by atoms with Crippen molar-refractivity contribution >= 4 is 16.1 Å². The first-order chi connectivity index (χ1) is 18.5. The van der Waals surface area contributed by atoms with E-state index in [9.17, 15) is 13.2 Å². The monoisotopic (exact) mass is 558 g/mol. The molecule has 0 spiro atoms. The number of ether oxygens (including phenoxy) is 4. The number of benzene rings is 3. The van der Waals surface area contributed by atoms with Crippen molar-refractivity contribution < 1.29 is 40.7 Å². The summed E-state index contributed by atoms with van der Waals surface area (Å²) in [5.74, 6) is -0.695. The smallest absolute Gasteiger partial charge is 0.342 e. The van der Waals surface area contributed by atoms with Crippen LogP contribution in [0.5, 0.6) is 23.0 Å². The van der Waals surface area contributed by atoms with Gasteiger partial charge in [-0.1, -0.05) is 29.8 Å². The molecule has 0 aliphatic carbocycles. The van der Waals surface area contributed by atoms with Crippen molar-refractivity contribution in [3.8, 4) is 45.3 Å². The highest BCUT2D eigenvalue weighted by Gasteiger charge is 2.28. The van der Waals surface area contributed by atoms with E-state index >= 15 is 4.39 Å². The van der Waals surface area contributed by atoms with E-state index in [1.165, 1.54) is 45.6 Å². The fourth-order valence-corrected chi connectivity index (χ4v) is 4.43. The van der Waals surface area contributed by atoms with Crippen LogP contribution in [0, 0.1) is 5.82 Å². The van der Waals surface area contributed by atoms with Crippen LogP contribution in [-0.4, -0.2) is 48.6 Å². The zero-order valence-corrected chi connectivity index (χ0v) is 23.5. The van der Waals surface area contributed by atoms with E-state index in [-0.39, 0.29) is 34.1 Å². The Morgan fingerprint density at radius 3 is 2.13 bits per heavy atom. The van der Waals surface area contributed by atoms with Gasteiger partial charge in [0, 0.05) is 11.1 Å². The molecule has 0 saturated heterocycles. The van der Waals surface area contributed by atoms with Crippen LogP contribution in [0.4, 0.5) is 4.39 Å². The first-order valence-corrected chi connectivity index (χ1v) is 13.7. The van der Waals surface area contributed by atoms with E-state index in [0.717, 1.165) is 11.8 Å². The third-order valence-electron chi connectivity index (χ3n) is 5.62. The Balaban J connectivity index is 2.13. The maximum atomic E-state index is 15.1. The van der Waals surface area contributed by atoms with Crippen molar-refractivity contribution in [2.75, 3.05) is 34.2 Å². The lowest BCUT2D eigenvalue weighted by Crippen LogP contribution is -2.09. The fraction of sp³-hybridized carbons (Fsp3) is 0.276. The van der Waals surface area contributed by atoms with E-state index < -0.39 is 21.9 Å². The Morgan fingerprint density at radius 1 is 0.923 bits per heavy atom. The van der Waals surface area contributed by atoms with Gasteiger partial charge in [-0.15, -0.1) is 0 Å². The molecule has 208 valence electrons. The lowest BCUT2D eigenvalue weighted by molar-refractivity contribution is 0.0597. The standard InChI is InChI=1S/C29H31FO8S/c1-18(2)8-7-15-37-24-14-11-20(16-23(24)30)26-25(34-3)17-22(28(35-4)27(26)29(31)36-5)19-9-12-21(13-10-19)38-39(6,32)33/h8-14,16-17H,7,15H2,1-6H3. The SMILES string of the molecule is COC(=O)c1c(OC)c(-c2ccc(OS(C)(=O)=O)cc2)cc(OC)c1-c1ccc(OCCC=C(C)C)c(F)c1. The van der Waals surface area contributed by atoms with Gasteiger partial charge in [0.15, 0.2) is 11.6 Å². The average Bonchev–Trinajstić information content (AvgIpc) is 2.89. The van der Waals surface area contributed by atoms with Crippen molar-refractivity contribution in [3.63, 3.8) is 0 Å². The van der Waals surface area contributed by atoms with Crippen molar-refractivity contribution in [2.45, 2.75) is 20.3 Å². The second-order valence-corrected chi connectivity index (χ2v) is 10.4. The zero-order valence-electron chi connectivity index (χ0n) is 22.7. The van der Waals surface area contributed by atoms with Gasteiger partial charge >= 0.3 is 16.1 Å². The number of rotatable bonds is 11. The maximum absolute atomic E-state index is 15.1. The number of allylic oxidation sites excluding steroid dienone is 1. The van der Waals surface area contributed by atoms with Gasteiger partial charge in [-0.05, 0) is 61.7 Å². The third-order valence-corrected chi connectivity index (χ3v) is 6.11. The first kappa shape index (κ1) is 29.5. The topological polar surface area (TPSA) is 97.4 Å². The average molecular weight is 559 g/mol. The van der Waals surface area contributed by atoms with E-state index in [4.69, 9.17) is 23.1 Å². The molecule has 0 unspecified atom stereocenters. The molecule has 3 aromatic carbocycles. The molecule has 3 rings (SSSR count). The number of carbonyl (C=O) groups is 1. The van der Waals surface area contributed by atoms with E-state index in [0.29, 0.717) is 29.7 Å². The Labute approximate surface area is 228 Å². The van der Waals surface area contributed by atoms with Crippen LogP contribution < -0.4 is 18.4 Å². The summed E-state index contributed by atoms with van der Waals surface area (Å²) in [6.07, 6.45) is 3.59. The minimum Gasteiger partial charge on any atom is -0.496 e. The van der Waals surface area contributed by atoms with Crippen LogP contribution in [-0.2, 0) is 14.9 Å². The van der Waals surface area contributed by atoms with Crippen LogP contribution in [0.25, 0.3) is 22.3 Å². The quantitative estimate of drug-likeness (QED) is 0.122. The van der Waals surface area contributed by atoms with Crippen LogP contribution in [0.2, 0.25) is 0 Å². The Kier molecular flexibility index (Phi) is 9.58. The van der Waals surface area contributed by atoms with Gasteiger partial charge in [0.2, 0.25) is 0 Å². The van der Waals surface area contributed by atoms with Gasteiger partial charge in [-0.2, -0.15) is 8.42 Å². The minimum absolute atomic E-state index is 0.0300. The van der Waals surface area contributed by atoms with Crippen LogP contribution >= 0.6 is 0 Å². The van der Waals surface area contributed by atoms with Crippen LogP contribution in [0.3, 0.4) is 0 Å². The van der Waals surface area contributed by atoms with Crippen molar-refractivity contribution in [2.24, 2.45) is 0 Å². The van der Waals surface area contributed by atoms with Crippen LogP contribution in [0.15, 0.2) is 60.2 Å². The lowest BCUT2D eigenvalue weighted by Gasteiger charge is -2.20. The highest BCUT2D eigenvalue weighted by atomic mass is 32.2.